The van der Waals surface area contributed by atoms with Crippen molar-refractivity contribution in [2.75, 3.05) is 13.1 Å². The molecule has 1 saturated heterocycles. The van der Waals surface area contributed by atoms with Crippen LogP contribution in [0, 0.1) is 12.3 Å². The first kappa shape index (κ1) is 4.63. The van der Waals surface area contributed by atoms with E-state index in [0.717, 1.165) is 0 Å². The lowest BCUT2D eigenvalue weighted by atomic mass is 9.99. The van der Waals surface area contributed by atoms with Crippen LogP contribution in [0.4, 0.5) is 0 Å². The average molecular weight is 97.1 g/mol. The Morgan fingerprint density at radius 2 is 2.29 bits per heavy atom. The minimum absolute atomic E-state index is 0.545. The Morgan fingerprint density at radius 1 is 1.71 bits per heavy atom. The first-order valence-electron chi connectivity index (χ1n) is 2.18. The van der Waals surface area contributed by atoms with Gasteiger partial charge in [0.1, 0.15) is 5.60 Å². The molecule has 1 rings (SSSR count). The van der Waals surface area contributed by atoms with Crippen LogP contribution in [0.1, 0.15) is 0 Å². The molecular weight excluding hydrogens is 90.1 g/mol. The highest BCUT2D eigenvalue weighted by Gasteiger charge is 2.31. The molecular formula is C5H7NO. The number of terminal acetylenes is 1. The van der Waals surface area contributed by atoms with Crippen LogP contribution in [0.15, 0.2) is 0 Å². The summed E-state index contributed by atoms with van der Waals surface area (Å²) in [5, 5.41) is 11.8. The van der Waals surface area contributed by atoms with E-state index in [0.29, 0.717) is 13.1 Å². The summed E-state index contributed by atoms with van der Waals surface area (Å²) in [7, 11) is 0. The molecule has 0 aromatic rings. The third-order valence-corrected chi connectivity index (χ3v) is 1.10. The minimum Gasteiger partial charge on any atom is -0.375 e. The van der Waals surface area contributed by atoms with E-state index in [2.05, 4.69) is 11.2 Å². The number of hydrogen-bond donors (Lipinski definition) is 2. The molecule has 0 spiro atoms. The van der Waals surface area contributed by atoms with Gasteiger partial charge in [-0.15, -0.1) is 6.42 Å². The third-order valence-electron chi connectivity index (χ3n) is 1.10. The van der Waals surface area contributed by atoms with E-state index in [-0.39, 0.29) is 0 Å². The smallest absolute Gasteiger partial charge is 0.149 e. The topological polar surface area (TPSA) is 32.3 Å². The number of rotatable bonds is 0. The van der Waals surface area contributed by atoms with Gasteiger partial charge >= 0.3 is 0 Å². The van der Waals surface area contributed by atoms with Crippen molar-refractivity contribution in [3.8, 4) is 12.3 Å². The molecule has 1 fully saturated rings. The fourth-order valence-electron chi connectivity index (χ4n) is 0.464. The lowest BCUT2D eigenvalue weighted by Crippen LogP contribution is -2.58. The second-order valence-corrected chi connectivity index (χ2v) is 1.78. The molecule has 0 aliphatic carbocycles. The van der Waals surface area contributed by atoms with Crippen LogP contribution in [0.2, 0.25) is 0 Å². The fraction of sp³-hybridized carbons (Fsp3) is 0.600. The Hall–Kier alpha value is -0.520. The second kappa shape index (κ2) is 1.22. The van der Waals surface area contributed by atoms with Crippen LogP contribution in [-0.4, -0.2) is 23.8 Å². The number of β-amino-alcohol motifs (C(OH)–C–C–N with tert-alkyl or cyclic N) is 1. The van der Waals surface area contributed by atoms with E-state index in [1.165, 1.54) is 0 Å². The van der Waals surface area contributed by atoms with Crippen molar-refractivity contribution in [2.45, 2.75) is 5.60 Å². The lowest BCUT2D eigenvalue weighted by Gasteiger charge is -2.32. The predicted molar refractivity (Wildman–Crippen MR) is 26.7 cm³/mol. The zero-order valence-corrected chi connectivity index (χ0v) is 3.94. The van der Waals surface area contributed by atoms with Crippen molar-refractivity contribution in [3.05, 3.63) is 0 Å². The molecule has 2 N–H and O–H groups in total. The molecule has 0 bridgehead atoms. The quantitative estimate of drug-likeness (QED) is 0.378. The van der Waals surface area contributed by atoms with Crippen LogP contribution in [0.5, 0.6) is 0 Å². The van der Waals surface area contributed by atoms with Gasteiger partial charge in [-0.05, 0) is 0 Å². The molecule has 2 heteroatoms. The summed E-state index contributed by atoms with van der Waals surface area (Å²) in [6, 6.07) is 0. The number of hydrogen-bond acceptors (Lipinski definition) is 2. The van der Waals surface area contributed by atoms with Gasteiger partial charge in [-0.1, -0.05) is 5.92 Å². The summed E-state index contributed by atoms with van der Waals surface area (Å²) in [6.07, 6.45) is 4.93. The Balaban J connectivity index is 2.48. The van der Waals surface area contributed by atoms with E-state index in [1.807, 2.05) is 0 Å². The maximum Gasteiger partial charge on any atom is 0.149 e. The first-order valence-corrected chi connectivity index (χ1v) is 2.18. The molecule has 1 aliphatic rings. The molecule has 0 radical (unpaired) electrons. The highest BCUT2D eigenvalue weighted by Crippen LogP contribution is 2.06. The van der Waals surface area contributed by atoms with Crippen molar-refractivity contribution in [2.24, 2.45) is 0 Å². The van der Waals surface area contributed by atoms with Gasteiger partial charge in [0.15, 0.2) is 0 Å². The summed E-state index contributed by atoms with van der Waals surface area (Å²) in [5.74, 6) is 2.27. The Morgan fingerprint density at radius 3 is 2.29 bits per heavy atom. The highest BCUT2D eigenvalue weighted by molar-refractivity contribution is 5.14. The van der Waals surface area contributed by atoms with Crippen LogP contribution in [0.25, 0.3) is 0 Å². The van der Waals surface area contributed by atoms with Crippen LogP contribution >= 0.6 is 0 Å². The standard InChI is InChI=1S/C5H7NO/c1-2-5(7)3-6-4-5/h1,6-7H,3-4H2. The fourth-order valence-corrected chi connectivity index (χ4v) is 0.464. The molecule has 2 nitrogen and oxygen atoms in total. The van der Waals surface area contributed by atoms with E-state index < -0.39 is 5.60 Å². The molecule has 1 aliphatic heterocycles. The van der Waals surface area contributed by atoms with Crippen molar-refractivity contribution in [1.29, 1.82) is 0 Å². The summed E-state index contributed by atoms with van der Waals surface area (Å²) in [4.78, 5) is 0. The molecule has 0 aromatic carbocycles. The molecule has 0 amide bonds. The van der Waals surface area contributed by atoms with E-state index in [1.54, 1.807) is 0 Å². The molecule has 1 heterocycles. The normalized spacial score (nSPS) is 25.1. The van der Waals surface area contributed by atoms with Gasteiger partial charge in [-0.2, -0.15) is 0 Å². The minimum atomic E-state index is -0.819. The van der Waals surface area contributed by atoms with E-state index in [9.17, 15) is 0 Å². The van der Waals surface area contributed by atoms with Crippen molar-refractivity contribution in [1.82, 2.24) is 5.32 Å². The van der Waals surface area contributed by atoms with Gasteiger partial charge in [0.25, 0.3) is 0 Å². The number of nitrogens with one attached hydrogen (secondary N) is 1. The van der Waals surface area contributed by atoms with Gasteiger partial charge in [0.2, 0.25) is 0 Å². The van der Waals surface area contributed by atoms with Gasteiger partial charge in [0, 0.05) is 13.1 Å². The predicted octanol–water partition coefficient (Wildman–Crippen LogP) is -1.05. The van der Waals surface area contributed by atoms with Crippen molar-refractivity contribution >= 4 is 0 Å². The van der Waals surface area contributed by atoms with Gasteiger partial charge in [-0.3, -0.25) is 0 Å². The average Bonchev–Trinajstić information content (AvgIpc) is 1.61. The third kappa shape index (κ3) is 0.604. The van der Waals surface area contributed by atoms with Crippen LogP contribution < -0.4 is 5.32 Å². The zero-order valence-electron chi connectivity index (χ0n) is 3.94. The summed E-state index contributed by atoms with van der Waals surface area (Å²) in [6.45, 7) is 1.09. The second-order valence-electron chi connectivity index (χ2n) is 1.78. The van der Waals surface area contributed by atoms with E-state index in [4.69, 9.17) is 11.5 Å². The monoisotopic (exact) mass is 97.1 g/mol. The maximum absolute atomic E-state index is 8.92. The largest absolute Gasteiger partial charge is 0.375 e. The van der Waals surface area contributed by atoms with Crippen LogP contribution in [-0.2, 0) is 0 Å². The molecule has 38 valence electrons. The summed E-state index contributed by atoms with van der Waals surface area (Å²) in [5.41, 5.74) is -0.819. The Labute approximate surface area is 42.5 Å². The van der Waals surface area contributed by atoms with E-state index >= 15 is 0 Å². The Bertz CT molecular complexity index is 110. The molecule has 0 aromatic heterocycles. The van der Waals surface area contributed by atoms with Crippen LogP contribution in [0.3, 0.4) is 0 Å². The molecule has 0 saturated carbocycles. The number of aliphatic hydroxyl groups is 1. The SMILES string of the molecule is C#CC1(O)CNC1. The van der Waals surface area contributed by atoms with Gasteiger partial charge in [-0.25, -0.2) is 0 Å². The summed E-state index contributed by atoms with van der Waals surface area (Å²) < 4.78 is 0. The maximum atomic E-state index is 8.92. The van der Waals surface area contributed by atoms with Crippen molar-refractivity contribution < 1.29 is 5.11 Å². The first-order chi connectivity index (χ1) is 3.27. The summed E-state index contributed by atoms with van der Waals surface area (Å²) >= 11 is 0. The van der Waals surface area contributed by atoms with Gasteiger partial charge < -0.3 is 10.4 Å². The molecule has 7 heavy (non-hydrogen) atoms. The lowest BCUT2D eigenvalue weighted by molar-refractivity contribution is 0.0474. The van der Waals surface area contributed by atoms with Gasteiger partial charge in [0.05, 0.1) is 0 Å². The zero-order chi connectivity index (χ0) is 5.33. The molecule has 0 atom stereocenters. The molecule has 0 unspecified atom stereocenters. The van der Waals surface area contributed by atoms with Crippen molar-refractivity contribution in [3.63, 3.8) is 0 Å². The highest BCUT2D eigenvalue weighted by atomic mass is 16.3. The Kier molecular flexibility index (Phi) is 0.810.